The maximum absolute atomic E-state index is 12.0. The highest BCUT2D eigenvalue weighted by Gasteiger charge is 2.14. The number of carbonyl (C=O) groups excluding carboxylic acids is 1. The van der Waals surface area contributed by atoms with Crippen molar-refractivity contribution in [2.24, 2.45) is 0 Å². The van der Waals surface area contributed by atoms with Gasteiger partial charge in [0.05, 0.1) is 10.9 Å². The first-order valence-corrected chi connectivity index (χ1v) is 7.92. The molecular formula is C17H14N2O3S. The minimum atomic E-state index is -0.646. The third-order valence-electron chi connectivity index (χ3n) is 3.24. The molecular weight excluding hydrogens is 312 g/mol. The van der Waals surface area contributed by atoms with Crippen molar-refractivity contribution in [3.63, 3.8) is 0 Å². The van der Waals surface area contributed by atoms with Gasteiger partial charge in [-0.2, -0.15) is 0 Å². The Kier molecular flexibility index (Phi) is 4.34. The molecule has 3 rings (SSSR count). The van der Waals surface area contributed by atoms with Gasteiger partial charge in [-0.3, -0.25) is 4.79 Å². The zero-order chi connectivity index (χ0) is 16.2. The van der Waals surface area contributed by atoms with E-state index in [1.54, 1.807) is 37.3 Å². The summed E-state index contributed by atoms with van der Waals surface area (Å²) in [6.07, 6.45) is 2.41. The van der Waals surface area contributed by atoms with Crippen LogP contribution in [0.25, 0.3) is 17.0 Å². The minimum Gasteiger partial charge on any atom is -0.451 e. The molecule has 1 atom stereocenters. The summed E-state index contributed by atoms with van der Waals surface area (Å²) in [6, 6.07) is 10.8. The second kappa shape index (κ2) is 6.58. The van der Waals surface area contributed by atoms with Crippen molar-refractivity contribution in [3.8, 4) is 0 Å². The van der Waals surface area contributed by atoms with Gasteiger partial charge >= 0.3 is 5.97 Å². The van der Waals surface area contributed by atoms with E-state index in [-0.39, 0.29) is 5.56 Å². The standard InChI is InChI=1S/C17H14N2O3S/c1-11(22-15(20)9-8-12-5-4-10-23-12)16-18-14-7-3-2-6-13(14)17(21)19-16/h2-11H,1H3,(H,18,19,21)/b9-8+/t11-/m1/s1. The molecule has 3 aromatic rings. The van der Waals surface area contributed by atoms with Gasteiger partial charge in [-0.25, -0.2) is 9.78 Å². The van der Waals surface area contributed by atoms with Crippen molar-refractivity contribution in [1.82, 2.24) is 9.97 Å². The first-order chi connectivity index (χ1) is 11.1. The Hall–Kier alpha value is -2.73. The fourth-order valence-corrected chi connectivity index (χ4v) is 2.72. The molecule has 1 aromatic carbocycles. The molecule has 0 aliphatic carbocycles. The molecule has 0 amide bonds. The number of aromatic nitrogens is 2. The second-order valence-corrected chi connectivity index (χ2v) is 5.88. The number of aromatic amines is 1. The summed E-state index contributed by atoms with van der Waals surface area (Å²) in [7, 11) is 0. The normalized spacial score (nSPS) is 12.6. The molecule has 0 saturated heterocycles. The smallest absolute Gasteiger partial charge is 0.331 e. The van der Waals surface area contributed by atoms with Crippen LogP contribution in [-0.2, 0) is 9.53 Å². The van der Waals surface area contributed by atoms with E-state index in [0.717, 1.165) is 4.88 Å². The number of thiophene rings is 1. The Morgan fingerprint density at radius 3 is 2.91 bits per heavy atom. The predicted molar refractivity (Wildman–Crippen MR) is 90.2 cm³/mol. The van der Waals surface area contributed by atoms with E-state index < -0.39 is 12.1 Å². The SMILES string of the molecule is C[C@@H](OC(=O)/C=C/c1cccs1)c1nc2ccccc2c(=O)[nH]1. The molecule has 116 valence electrons. The van der Waals surface area contributed by atoms with Crippen LogP contribution < -0.4 is 5.56 Å². The number of fused-ring (bicyclic) bond motifs is 1. The summed E-state index contributed by atoms with van der Waals surface area (Å²) in [5.74, 6) is -0.159. The highest BCUT2D eigenvalue weighted by atomic mass is 32.1. The summed E-state index contributed by atoms with van der Waals surface area (Å²) in [5, 5.41) is 2.43. The lowest BCUT2D eigenvalue weighted by Gasteiger charge is -2.11. The number of hydrogen-bond acceptors (Lipinski definition) is 5. The van der Waals surface area contributed by atoms with Crippen LogP contribution in [0, 0.1) is 0 Å². The first kappa shape index (κ1) is 15.2. The zero-order valence-electron chi connectivity index (χ0n) is 12.4. The van der Waals surface area contributed by atoms with Crippen molar-refractivity contribution in [2.45, 2.75) is 13.0 Å². The lowest BCUT2D eigenvalue weighted by Crippen LogP contribution is -2.16. The number of para-hydroxylation sites is 1. The molecule has 2 aromatic heterocycles. The number of benzene rings is 1. The molecule has 0 aliphatic heterocycles. The Morgan fingerprint density at radius 2 is 2.13 bits per heavy atom. The van der Waals surface area contributed by atoms with Crippen molar-refractivity contribution in [3.05, 3.63) is 68.9 Å². The largest absolute Gasteiger partial charge is 0.451 e. The van der Waals surface area contributed by atoms with Crippen molar-refractivity contribution in [1.29, 1.82) is 0 Å². The van der Waals surface area contributed by atoms with Crippen LogP contribution in [0.1, 0.15) is 23.7 Å². The van der Waals surface area contributed by atoms with Crippen LogP contribution in [-0.4, -0.2) is 15.9 Å². The first-order valence-electron chi connectivity index (χ1n) is 7.04. The molecule has 0 fully saturated rings. The van der Waals surface area contributed by atoms with E-state index in [4.69, 9.17) is 4.74 Å². The zero-order valence-corrected chi connectivity index (χ0v) is 13.2. The number of esters is 1. The molecule has 2 heterocycles. The second-order valence-electron chi connectivity index (χ2n) is 4.90. The van der Waals surface area contributed by atoms with E-state index >= 15 is 0 Å². The predicted octanol–water partition coefficient (Wildman–Crippen LogP) is 3.30. The molecule has 1 N–H and O–H groups in total. The van der Waals surface area contributed by atoms with Crippen LogP contribution in [0.5, 0.6) is 0 Å². The van der Waals surface area contributed by atoms with Gasteiger partial charge in [-0.15, -0.1) is 11.3 Å². The lowest BCUT2D eigenvalue weighted by atomic mass is 10.2. The molecule has 0 bridgehead atoms. The third-order valence-corrected chi connectivity index (χ3v) is 4.07. The molecule has 0 saturated carbocycles. The Morgan fingerprint density at radius 1 is 1.30 bits per heavy atom. The average Bonchev–Trinajstić information content (AvgIpc) is 3.06. The lowest BCUT2D eigenvalue weighted by molar-refractivity contribution is -0.142. The molecule has 0 radical (unpaired) electrons. The topological polar surface area (TPSA) is 72.0 Å². The number of nitrogens with zero attached hydrogens (tertiary/aromatic N) is 1. The third kappa shape index (κ3) is 3.54. The minimum absolute atomic E-state index is 0.248. The van der Waals surface area contributed by atoms with Crippen LogP contribution >= 0.6 is 11.3 Å². The number of carbonyl (C=O) groups is 1. The van der Waals surface area contributed by atoms with Gasteiger partial charge in [0.2, 0.25) is 0 Å². The van der Waals surface area contributed by atoms with Crippen LogP contribution in [0.4, 0.5) is 0 Å². The van der Waals surface area contributed by atoms with Crippen molar-refractivity contribution in [2.75, 3.05) is 0 Å². The molecule has 0 spiro atoms. The molecule has 5 nitrogen and oxygen atoms in total. The average molecular weight is 326 g/mol. The van der Waals surface area contributed by atoms with Crippen LogP contribution in [0.2, 0.25) is 0 Å². The maximum Gasteiger partial charge on any atom is 0.331 e. The molecule has 23 heavy (non-hydrogen) atoms. The van der Waals surface area contributed by atoms with Crippen LogP contribution in [0.3, 0.4) is 0 Å². The quantitative estimate of drug-likeness (QED) is 0.590. The van der Waals surface area contributed by atoms with Gasteiger partial charge < -0.3 is 9.72 Å². The molecule has 0 unspecified atom stereocenters. The van der Waals surface area contributed by atoms with Gasteiger partial charge in [0.25, 0.3) is 5.56 Å². The van der Waals surface area contributed by atoms with Gasteiger partial charge in [0.1, 0.15) is 0 Å². The highest BCUT2D eigenvalue weighted by Crippen LogP contribution is 2.15. The highest BCUT2D eigenvalue weighted by molar-refractivity contribution is 7.10. The monoisotopic (exact) mass is 326 g/mol. The summed E-state index contributed by atoms with van der Waals surface area (Å²) in [4.78, 5) is 31.8. The van der Waals surface area contributed by atoms with Gasteiger partial charge in [0.15, 0.2) is 11.9 Å². The summed E-state index contributed by atoms with van der Waals surface area (Å²) >= 11 is 1.53. The van der Waals surface area contributed by atoms with Crippen molar-refractivity contribution >= 4 is 34.3 Å². The molecule has 0 aliphatic rings. The number of nitrogens with one attached hydrogen (secondary N) is 1. The summed E-state index contributed by atoms with van der Waals surface area (Å²) in [5.41, 5.74) is 0.325. The number of H-pyrrole nitrogens is 1. The molecule has 6 heteroatoms. The van der Waals surface area contributed by atoms with E-state index in [1.165, 1.54) is 17.4 Å². The number of ether oxygens (including phenoxy) is 1. The Balaban J connectivity index is 1.76. The van der Waals surface area contributed by atoms with Crippen molar-refractivity contribution < 1.29 is 9.53 Å². The van der Waals surface area contributed by atoms with E-state index in [1.807, 2.05) is 17.5 Å². The van der Waals surface area contributed by atoms with E-state index in [9.17, 15) is 9.59 Å². The number of hydrogen-bond donors (Lipinski definition) is 1. The maximum atomic E-state index is 12.0. The summed E-state index contributed by atoms with van der Waals surface area (Å²) < 4.78 is 5.28. The fraction of sp³-hybridized carbons (Fsp3) is 0.118. The van der Waals surface area contributed by atoms with Crippen LogP contribution in [0.15, 0.2) is 52.6 Å². The fourth-order valence-electron chi connectivity index (χ4n) is 2.10. The Labute approximate surface area is 136 Å². The summed E-state index contributed by atoms with van der Waals surface area (Å²) in [6.45, 7) is 1.67. The number of rotatable bonds is 4. The van der Waals surface area contributed by atoms with E-state index in [0.29, 0.717) is 16.7 Å². The van der Waals surface area contributed by atoms with Gasteiger partial charge in [0, 0.05) is 11.0 Å². The van der Waals surface area contributed by atoms with Gasteiger partial charge in [-0.05, 0) is 36.6 Å². The Bertz CT molecular complexity index is 913. The van der Waals surface area contributed by atoms with E-state index in [2.05, 4.69) is 9.97 Å². The van der Waals surface area contributed by atoms with Gasteiger partial charge in [-0.1, -0.05) is 18.2 Å².